The van der Waals surface area contributed by atoms with Gasteiger partial charge in [0, 0.05) is 17.7 Å². The summed E-state index contributed by atoms with van der Waals surface area (Å²) in [6.45, 7) is 4.03. The lowest BCUT2D eigenvalue weighted by molar-refractivity contribution is -0.384. The van der Waals surface area contributed by atoms with Crippen molar-refractivity contribution in [3.63, 3.8) is 0 Å². The van der Waals surface area contributed by atoms with Gasteiger partial charge in [-0.2, -0.15) is 0 Å². The number of nitro groups is 1. The van der Waals surface area contributed by atoms with Gasteiger partial charge in [-0.25, -0.2) is 4.79 Å². The summed E-state index contributed by atoms with van der Waals surface area (Å²) in [6.07, 6.45) is 0.423. The van der Waals surface area contributed by atoms with Crippen molar-refractivity contribution < 1.29 is 24.0 Å². The zero-order chi connectivity index (χ0) is 22.6. The van der Waals surface area contributed by atoms with Gasteiger partial charge in [0.25, 0.3) is 11.6 Å². The molecule has 2 aromatic rings. The molecular weight excluding hydrogens is 420 g/mol. The number of nitrogens with zero attached hydrogens (tertiary/aromatic N) is 1. The van der Waals surface area contributed by atoms with Crippen LogP contribution in [-0.2, 0) is 19.8 Å². The lowest BCUT2D eigenvalue weighted by atomic mass is 9.76. The molecule has 0 bridgehead atoms. The highest BCUT2D eigenvalue weighted by Gasteiger charge is 2.54. The van der Waals surface area contributed by atoms with Crippen LogP contribution in [0.25, 0.3) is 0 Å². The second kappa shape index (κ2) is 9.22. The number of benzene rings is 2. The maximum atomic E-state index is 13.4. The number of rotatable bonds is 7. The van der Waals surface area contributed by atoms with Crippen LogP contribution in [0.15, 0.2) is 48.5 Å². The van der Waals surface area contributed by atoms with Gasteiger partial charge in [0.05, 0.1) is 24.1 Å². The number of aryl methyl sites for hydroxylation is 1. The largest absolute Gasteiger partial charge is 0.487 e. The number of ether oxygens (including phenoxy) is 2. The molecule has 1 aliphatic rings. The predicted molar refractivity (Wildman–Crippen MR) is 117 cm³/mol. The molecule has 31 heavy (non-hydrogen) atoms. The smallest absolute Gasteiger partial charge is 0.337 e. The number of nitrogens with one attached hydrogen (secondary N) is 1. The van der Waals surface area contributed by atoms with Gasteiger partial charge in [-0.1, -0.05) is 29.8 Å². The van der Waals surface area contributed by atoms with Crippen LogP contribution in [-0.4, -0.2) is 35.1 Å². The maximum absolute atomic E-state index is 13.4. The average Bonchev–Trinajstić information content (AvgIpc) is 3.19. The third-order valence-corrected chi connectivity index (χ3v) is 5.62. The number of non-ortho nitro benzene ring substituents is 1. The van der Waals surface area contributed by atoms with Crippen molar-refractivity contribution in [2.24, 2.45) is 5.92 Å². The summed E-state index contributed by atoms with van der Waals surface area (Å²) in [6, 6.07) is 12.3. The van der Waals surface area contributed by atoms with Crippen molar-refractivity contribution in [2.75, 3.05) is 13.2 Å². The van der Waals surface area contributed by atoms with Gasteiger partial charge < -0.3 is 14.8 Å². The Morgan fingerprint density at radius 3 is 2.39 bits per heavy atom. The van der Waals surface area contributed by atoms with Gasteiger partial charge in [0.15, 0.2) is 10.6 Å². The van der Waals surface area contributed by atoms with Gasteiger partial charge in [-0.3, -0.25) is 14.9 Å². The molecule has 0 saturated carbocycles. The van der Waals surface area contributed by atoms with Crippen LogP contribution in [0.4, 0.5) is 5.69 Å². The van der Waals surface area contributed by atoms with Crippen molar-refractivity contribution in [1.82, 2.24) is 5.32 Å². The Hall–Kier alpha value is -3.33. The van der Waals surface area contributed by atoms with Crippen LogP contribution in [0.1, 0.15) is 34.8 Å². The molecule has 0 aliphatic carbocycles. The summed E-state index contributed by atoms with van der Waals surface area (Å²) in [7, 11) is 0. The lowest BCUT2D eigenvalue weighted by Crippen LogP contribution is -2.58. The summed E-state index contributed by atoms with van der Waals surface area (Å²) in [5.41, 5.74) is -0.0812. The van der Waals surface area contributed by atoms with E-state index in [9.17, 15) is 19.7 Å². The third-order valence-electron chi connectivity index (χ3n) is 5.21. The van der Waals surface area contributed by atoms with Crippen LogP contribution < -0.4 is 5.32 Å². The third kappa shape index (κ3) is 4.41. The van der Waals surface area contributed by atoms with Crippen LogP contribution in [0, 0.1) is 23.0 Å². The first-order valence-corrected chi connectivity index (χ1v) is 10.2. The molecule has 0 radical (unpaired) electrons. The Bertz CT molecular complexity index is 1010. The van der Waals surface area contributed by atoms with Crippen molar-refractivity contribution >= 4 is 34.8 Å². The minimum atomic E-state index is -1.60. The molecule has 2 unspecified atom stereocenters. The van der Waals surface area contributed by atoms with Crippen LogP contribution in [0.5, 0.6) is 0 Å². The van der Waals surface area contributed by atoms with E-state index in [-0.39, 0.29) is 22.9 Å². The molecule has 1 N–H and O–H groups in total. The van der Waals surface area contributed by atoms with E-state index in [1.165, 1.54) is 24.3 Å². The van der Waals surface area contributed by atoms with E-state index in [2.05, 4.69) is 5.32 Å². The SMILES string of the molecule is CCOC(=O)C(NC(=O)c1ccc([N+](=O)[O-])cc1)(c1ccc(C)cc1)C1CCOC1=S. The average molecular weight is 442 g/mol. The first-order valence-electron chi connectivity index (χ1n) is 9.77. The van der Waals surface area contributed by atoms with E-state index in [1.54, 1.807) is 19.1 Å². The first-order chi connectivity index (χ1) is 14.8. The topological polar surface area (TPSA) is 108 Å². The molecule has 1 fully saturated rings. The number of carbonyl (C=O) groups excluding carboxylic acids is 2. The highest BCUT2D eigenvalue weighted by atomic mass is 32.1. The molecular formula is C22H22N2O6S. The van der Waals surface area contributed by atoms with Crippen molar-refractivity contribution in [1.29, 1.82) is 0 Å². The van der Waals surface area contributed by atoms with Crippen LogP contribution in [0.2, 0.25) is 0 Å². The number of amides is 1. The molecule has 3 rings (SSSR count). The zero-order valence-corrected chi connectivity index (χ0v) is 17.9. The van der Waals surface area contributed by atoms with E-state index in [0.29, 0.717) is 18.6 Å². The molecule has 8 nitrogen and oxygen atoms in total. The summed E-state index contributed by atoms with van der Waals surface area (Å²) < 4.78 is 10.9. The Balaban J connectivity index is 2.10. The van der Waals surface area contributed by atoms with Gasteiger partial charge in [0.1, 0.15) is 0 Å². The van der Waals surface area contributed by atoms with E-state index in [4.69, 9.17) is 21.7 Å². The fraction of sp³-hybridized carbons (Fsp3) is 0.318. The Kier molecular flexibility index (Phi) is 6.65. The summed E-state index contributed by atoms with van der Waals surface area (Å²) in [4.78, 5) is 36.9. The van der Waals surface area contributed by atoms with E-state index < -0.39 is 28.3 Å². The fourth-order valence-corrected chi connectivity index (χ4v) is 3.99. The molecule has 1 saturated heterocycles. The summed E-state index contributed by atoms with van der Waals surface area (Å²) in [5, 5.41) is 14.0. The number of nitro benzene ring substituents is 1. The lowest BCUT2D eigenvalue weighted by Gasteiger charge is -2.37. The zero-order valence-electron chi connectivity index (χ0n) is 17.1. The highest BCUT2D eigenvalue weighted by Crippen LogP contribution is 2.38. The second-order valence-electron chi connectivity index (χ2n) is 7.16. The van der Waals surface area contributed by atoms with Gasteiger partial charge >= 0.3 is 5.97 Å². The molecule has 2 aromatic carbocycles. The van der Waals surface area contributed by atoms with Crippen LogP contribution in [0.3, 0.4) is 0 Å². The normalized spacial score (nSPS) is 17.4. The van der Waals surface area contributed by atoms with Crippen molar-refractivity contribution in [3.05, 3.63) is 75.3 Å². The minimum Gasteiger partial charge on any atom is -0.487 e. The number of thiocarbonyl (C=S) groups is 1. The highest BCUT2D eigenvalue weighted by molar-refractivity contribution is 7.80. The number of hydrogen-bond acceptors (Lipinski definition) is 7. The number of hydrogen-bond donors (Lipinski definition) is 1. The second-order valence-corrected chi connectivity index (χ2v) is 7.56. The number of carbonyl (C=O) groups is 2. The fourth-order valence-electron chi connectivity index (χ4n) is 3.61. The van der Waals surface area contributed by atoms with Crippen molar-refractivity contribution in [3.8, 4) is 0 Å². The molecule has 0 aromatic heterocycles. The Morgan fingerprint density at radius 1 is 1.23 bits per heavy atom. The molecule has 1 heterocycles. The molecule has 9 heteroatoms. The molecule has 2 atom stereocenters. The standard InChI is InChI=1S/C22H22N2O6S/c1-3-29-21(26)22(18-12-13-30-20(18)31,16-8-4-14(2)5-9-16)23-19(25)15-6-10-17(11-7-15)24(27)28/h4-11,18H,3,12-13H2,1-2H3,(H,23,25). The van der Waals surface area contributed by atoms with E-state index in [0.717, 1.165) is 5.56 Å². The van der Waals surface area contributed by atoms with Gasteiger partial charge in [0.2, 0.25) is 0 Å². The Labute approximate surface area is 184 Å². The number of esters is 1. The summed E-state index contributed by atoms with van der Waals surface area (Å²) >= 11 is 5.38. The first kappa shape index (κ1) is 22.4. The van der Waals surface area contributed by atoms with E-state index in [1.807, 2.05) is 19.1 Å². The minimum absolute atomic E-state index is 0.111. The molecule has 0 spiro atoms. The molecule has 1 amide bonds. The quantitative estimate of drug-likeness (QED) is 0.303. The molecule has 1 aliphatic heterocycles. The summed E-state index contributed by atoms with van der Waals surface area (Å²) in [5.74, 6) is -1.85. The Morgan fingerprint density at radius 2 is 1.87 bits per heavy atom. The van der Waals surface area contributed by atoms with Gasteiger partial charge in [-0.05, 0) is 50.2 Å². The van der Waals surface area contributed by atoms with E-state index >= 15 is 0 Å². The van der Waals surface area contributed by atoms with Crippen molar-refractivity contribution in [2.45, 2.75) is 25.8 Å². The van der Waals surface area contributed by atoms with Gasteiger partial charge in [-0.15, -0.1) is 0 Å². The monoisotopic (exact) mass is 442 g/mol. The molecule has 162 valence electrons. The predicted octanol–water partition coefficient (Wildman–Crippen LogP) is 3.46. The van der Waals surface area contributed by atoms with Crippen LogP contribution >= 0.6 is 12.2 Å². The maximum Gasteiger partial charge on any atom is 0.337 e.